The molecule has 0 N–H and O–H groups in total. The van der Waals surface area contributed by atoms with E-state index in [4.69, 9.17) is 0 Å². The van der Waals surface area contributed by atoms with Crippen molar-refractivity contribution in [1.29, 1.82) is 0 Å². The topological polar surface area (TPSA) is 23.6 Å². The van der Waals surface area contributed by atoms with Gasteiger partial charge in [-0.3, -0.25) is 0 Å². The van der Waals surface area contributed by atoms with Crippen LogP contribution in [-0.4, -0.2) is 41.5 Å². The van der Waals surface area contributed by atoms with Crippen molar-refractivity contribution in [2.45, 2.75) is 58.4 Å². The molecule has 2 aliphatic heterocycles. The summed E-state index contributed by atoms with van der Waals surface area (Å²) in [5.74, 6) is 0.591. The van der Waals surface area contributed by atoms with Crippen molar-refractivity contribution < 1.29 is 4.79 Å². The first kappa shape index (κ1) is 12.7. The van der Waals surface area contributed by atoms with E-state index in [2.05, 4.69) is 23.6 Å². The Bertz CT molecular complexity index is 257. The summed E-state index contributed by atoms with van der Waals surface area (Å²) >= 11 is 0. The number of carbonyl (C=O) groups is 1. The minimum atomic E-state index is 0.308. The van der Waals surface area contributed by atoms with Gasteiger partial charge in [-0.25, -0.2) is 4.79 Å². The fraction of sp³-hybridized carbons (Fsp3) is 0.929. The first-order valence-electron chi connectivity index (χ1n) is 7.25. The molecule has 2 rings (SSSR count). The molecule has 0 aromatic heterocycles. The largest absolute Gasteiger partial charge is 0.325 e. The molecule has 3 nitrogen and oxygen atoms in total. The van der Waals surface area contributed by atoms with E-state index >= 15 is 0 Å². The van der Waals surface area contributed by atoms with Crippen LogP contribution in [0.4, 0.5) is 4.79 Å². The molecule has 1 unspecified atom stereocenters. The summed E-state index contributed by atoms with van der Waals surface area (Å²) in [5.41, 5.74) is 0. The molecule has 2 fully saturated rings. The SMILES string of the molecule is CC(C)C1CCCN1C(=O)N1CCCCCC1. The molecular formula is C14H26N2O. The van der Waals surface area contributed by atoms with Crippen molar-refractivity contribution in [3.05, 3.63) is 0 Å². The average molecular weight is 238 g/mol. The minimum absolute atomic E-state index is 0.308. The lowest BCUT2D eigenvalue weighted by molar-refractivity contribution is 0.139. The van der Waals surface area contributed by atoms with Crippen LogP contribution in [0.5, 0.6) is 0 Å². The summed E-state index contributed by atoms with van der Waals surface area (Å²) in [7, 11) is 0. The van der Waals surface area contributed by atoms with Crippen LogP contribution in [0, 0.1) is 5.92 Å². The molecule has 2 amide bonds. The number of nitrogens with zero attached hydrogens (tertiary/aromatic N) is 2. The number of rotatable bonds is 1. The number of likely N-dealkylation sites (tertiary alicyclic amines) is 2. The van der Waals surface area contributed by atoms with Gasteiger partial charge >= 0.3 is 6.03 Å². The predicted molar refractivity (Wildman–Crippen MR) is 70.0 cm³/mol. The maximum absolute atomic E-state index is 12.5. The molecule has 2 saturated heterocycles. The third-order valence-corrected chi connectivity index (χ3v) is 4.19. The predicted octanol–water partition coefficient (Wildman–Crippen LogP) is 3.10. The van der Waals surface area contributed by atoms with Gasteiger partial charge in [-0.15, -0.1) is 0 Å². The molecule has 0 radical (unpaired) electrons. The maximum Gasteiger partial charge on any atom is 0.320 e. The third-order valence-electron chi connectivity index (χ3n) is 4.19. The van der Waals surface area contributed by atoms with Gasteiger partial charge in [0.25, 0.3) is 0 Å². The van der Waals surface area contributed by atoms with E-state index in [9.17, 15) is 4.79 Å². The van der Waals surface area contributed by atoms with Gasteiger partial charge in [-0.1, -0.05) is 26.7 Å². The maximum atomic E-state index is 12.5. The zero-order valence-corrected chi connectivity index (χ0v) is 11.3. The Morgan fingerprint density at radius 3 is 2.24 bits per heavy atom. The molecule has 0 bridgehead atoms. The van der Waals surface area contributed by atoms with Crippen molar-refractivity contribution in [3.63, 3.8) is 0 Å². The molecule has 2 aliphatic rings. The molecule has 2 heterocycles. The van der Waals surface area contributed by atoms with E-state index in [-0.39, 0.29) is 0 Å². The van der Waals surface area contributed by atoms with Gasteiger partial charge in [0.1, 0.15) is 0 Å². The van der Waals surface area contributed by atoms with Crippen molar-refractivity contribution in [2.24, 2.45) is 5.92 Å². The van der Waals surface area contributed by atoms with Gasteiger partial charge < -0.3 is 9.80 Å². The molecule has 1 atom stereocenters. The van der Waals surface area contributed by atoms with Crippen LogP contribution in [0.2, 0.25) is 0 Å². The van der Waals surface area contributed by atoms with E-state index in [0.29, 0.717) is 18.0 Å². The van der Waals surface area contributed by atoms with Gasteiger partial charge in [-0.2, -0.15) is 0 Å². The highest BCUT2D eigenvalue weighted by molar-refractivity contribution is 5.75. The third kappa shape index (κ3) is 2.93. The molecule has 98 valence electrons. The van der Waals surface area contributed by atoms with Crippen molar-refractivity contribution in [1.82, 2.24) is 9.80 Å². The van der Waals surface area contributed by atoms with E-state index in [1.165, 1.54) is 38.5 Å². The highest BCUT2D eigenvalue weighted by atomic mass is 16.2. The quantitative estimate of drug-likeness (QED) is 0.688. The molecule has 0 aromatic carbocycles. The highest BCUT2D eigenvalue weighted by Gasteiger charge is 2.33. The van der Waals surface area contributed by atoms with E-state index in [1.807, 2.05) is 0 Å². The Morgan fingerprint density at radius 2 is 1.65 bits per heavy atom. The summed E-state index contributed by atoms with van der Waals surface area (Å²) in [6, 6.07) is 0.786. The second-order valence-corrected chi connectivity index (χ2v) is 5.83. The lowest BCUT2D eigenvalue weighted by atomic mass is 10.0. The van der Waals surface area contributed by atoms with Gasteiger partial charge in [-0.05, 0) is 31.6 Å². The smallest absolute Gasteiger partial charge is 0.320 e. The number of amides is 2. The van der Waals surface area contributed by atoms with Crippen LogP contribution in [0.25, 0.3) is 0 Å². The normalized spacial score (nSPS) is 26.4. The van der Waals surface area contributed by atoms with E-state index in [0.717, 1.165) is 19.6 Å². The Balaban J connectivity index is 1.97. The Kier molecular flexibility index (Phi) is 4.30. The van der Waals surface area contributed by atoms with E-state index < -0.39 is 0 Å². The standard InChI is InChI=1S/C14H26N2O/c1-12(2)13-8-7-11-16(13)14(17)15-9-5-3-4-6-10-15/h12-13H,3-11H2,1-2H3. The summed E-state index contributed by atoms with van der Waals surface area (Å²) in [4.78, 5) is 16.7. The Morgan fingerprint density at radius 1 is 1.00 bits per heavy atom. The summed E-state index contributed by atoms with van der Waals surface area (Å²) in [6.07, 6.45) is 7.33. The molecule has 0 spiro atoms. The van der Waals surface area contributed by atoms with Crippen LogP contribution in [0.15, 0.2) is 0 Å². The zero-order chi connectivity index (χ0) is 12.3. The number of carbonyl (C=O) groups excluding carboxylic acids is 1. The number of hydrogen-bond acceptors (Lipinski definition) is 1. The van der Waals surface area contributed by atoms with Crippen LogP contribution in [-0.2, 0) is 0 Å². The molecule has 0 aliphatic carbocycles. The van der Waals surface area contributed by atoms with E-state index in [1.54, 1.807) is 0 Å². The fourth-order valence-electron chi connectivity index (χ4n) is 3.17. The second-order valence-electron chi connectivity index (χ2n) is 5.83. The summed E-state index contributed by atoms with van der Waals surface area (Å²) in [6.45, 7) is 7.38. The minimum Gasteiger partial charge on any atom is -0.325 e. The average Bonchev–Trinajstić information content (AvgIpc) is 2.64. The van der Waals surface area contributed by atoms with Crippen molar-refractivity contribution in [3.8, 4) is 0 Å². The zero-order valence-electron chi connectivity index (χ0n) is 11.3. The van der Waals surface area contributed by atoms with Gasteiger partial charge in [0.05, 0.1) is 0 Å². The van der Waals surface area contributed by atoms with Gasteiger partial charge in [0.15, 0.2) is 0 Å². The summed E-state index contributed by atoms with van der Waals surface area (Å²) in [5, 5.41) is 0. The lowest BCUT2D eigenvalue weighted by Crippen LogP contribution is -2.47. The molecule has 17 heavy (non-hydrogen) atoms. The first-order chi connectivity index (χ1) is 8.20. The van der Waals surface area contributed by atoms with Gasteiger partial charge in [0, 0.05) is 25.7 Å². The molecule has 0 aromatic rings. The van der Waals surface area contributed by atoms with Crippen LogP contribution < -0.4 is 0 Å². The Labute approximate surface area is 105 Å². The monoisotopic (exact) mass is 238 g/mol. The number of urea groups is 1. The molecule has 3 heteroatoms. The van der Waals surface area contributed by atoms with Crippen LogP contribution >= 0.6 is 0 Å². The van der Waals surface area contributed by atoms with Crippen molar-refractivity contribution in [2.75, 3.05) is 19.6 Å². The van der Waals surface area contributed by atoms with Gasteiger partial charge in [0.2, 0.25) is 0 Å². The Hall–Kier alpha value is -0.730. The van der Waals surface area contributed by atoms with Crippen LogP contribution in [0.1, 0.15) is 52.4 Å². The lowest BCUT2D eigenvalue weighted by Gasteiger charge is -2.33. The summed E-state index contributed by atoms with van der Waals surface area (Å²) < 4.78 is 0. The van der Waals surface area contributed by atoms with Crippen LogP contribution in [0.3, 0.4) is 0 Å². The fourth-order valence-corrected chi connectivity index (χ4v) is 3.17. The second kappa shape index (κ2) is 5.74. The number of hydrogen-bond donors (Lipinski definition) is 0. The highest BCUT2D eigenvalue weighted by Crippen LogP contribution is 2.25. The first-order valence-corrected chi connectivity index (χ1v) is 7.25. The molecular weight excluding hydrogens is 212 g/mol. The van der Waals surface area contributed by atoms with Crippen molar-refractivity contribution >= 4 is 6.03 Å². The molecule has 0 saturated carbocycles.